The fourth-order valence-corrected chi connectivity index (χ4v) is 0.733. The van der Waals surface area contributed by atoms with Crippen LogP contribution in [0.25, 0.3) is 6.08 Å². The second kappa shape index (κ2) is 3.56. The van der Waals surface area contributed by atoms with E-state index in [1.165, 1.54) is 12.1 Å². The van der Waals surface area contributed by atoms with Crippen molar-refractivity contribution in [3.05, 3.63) is 35.9 Å². The zero-order chi connectivity index (χ0) is 8.97. The number of aromatic hydroxyl groups is 1. The number of carbonyl (C=O) groups excluding carboxylic acids is 1. The second-order valence-corrected chi connectivity index (χ2v) is 1.99. The third-order valence-electron chi connectivity index (χ3n) is 1.24. The van der Waals surface area contributed by atoms with Gasteiger partial charge in [-0.1, -0.05) is 18.2 Å². The lowest BCUT2D eigenvalue weighted by Gasteiger charge is -1.94. The first-order valence-corrected chi connectivity index (χ1v) is 3.15. The Labute approximate surface area is 66.2 Å². The molecule has 0 saturated heterocycles. The largest absolute Gasteiger partial charge is 0.507 e. The molecule has 1 aromatic carbocycles. The van der Waals surface area contributed by atoms with Crippen molar-refractivity contribution in [1.82, 2.24) is 0 Å². The summed E-state index contributed by atoms with van der Waals surface area (Å²) < 4.78 is 7.04. The highest BCUT2D eigenvalue weighted by atomic mass is 16.3. The smallest absolute Gasteiger partial charge is 0.142 e. The second-order valence-electron chi connectivity index (χ2n) is 1.99. The zero-order valence-electron chi connectivity index (χ0n) is 6.82. The Morgan fingerprint density at radius 3 is 2.82 bits per heavy atom. The van der Waals surface area contributed by atoms with Gasteiger partial charge in [0.2, 0.25) is 0 Å². The molecule has 0 aliphatic carbocycles. The number of rotatable bonds is 2. The van der Waals surface area contributed by atoms with Gasteiger partial charge in [0.25, 0.3) is 0 Å². The average Bonchev–Trinajstić information content (AvgIpc) is 2.09. The number of aldehydes is 1. The summed E-state index contributed by atoms with van der Waals surface area (Å²) in [6.07, 6.45) is 1.73. The zero-order valence-corrected chi connectivity index (χ0v) is 5.82. The molecule has 56 valence electrons. The van der Waals surface area contributed by atoms with E-state index in [1.54, 1.807) is 18.2 Å². The Balaban J connectivity index is 3.04. The first-order valence-electron chi connectivity index (χ1n) is 3.65. The standard InChI is InChI=1S/C9H8O2/c10-7-3-5-8-4-1-2-6-9(8)11/h1-7,11H/i3D. The van der Waals surface area contributed by atoms with Crippen molar-refractivity contribution < 1.29 is 11.3 Å². The highest BCUT2D eigenvalue weighted by molar-refractivity contribution is 5.75. The van der Waals surface area contributed by atoms with Crippen molar-refractivity contribution in [2.45, 2.75) is 0 Å². The van der Waals surface area contributed by atoms with Crippen molar-refractivity contribution in [3.8, 4) is 5.75 Å². The van der Waals surface area contributed by atoms with E-state index in [0.29, 0.717) is 11.8 Å². The van der Waals surface area contributed by atoms with Crippen molar-refractivity contribution in [3.63, 3.8) is 0 Å². The topological polar surface area (TPSA) is 37.3 Å². The molecule has 0 heterocycles. The van der Waals surface area contributed by atoms with Gasteiger partial charge in [-0.25, -0.2) is 0 Å². The first-order chi connectivity index (χ1) is 5.74. The minimum atomic E-state index is -0.156. The molecule has 2 heteroatoms. The monoisotopic (exact) mass is 149 g/mol. The van der Waals surface area contributed by atoms with Crippen molar-refractivity contribution >= 4 is 12.4 Å². The summed E-state index contributed by atoms with van der Waals surface area (Å²) in [6, 6.07) is 6.38. The number of phenolic OH excluding ortho intramolecular Hbond substituents is 1. The number of carbonyl (C=O) groups is 1. The van der Waals surface area contributed by atoms with Crippen LogP contribution in [-0.2, 0) is 4.79 Å². The van der Waals surface area contributed by atoms with E-state index in [2.05, 4.69) is 0 Å². The van der Waals surface area contributed by atoms with Gasteiger partial charge in [0, 0.05) is 5.56 Å². The summed E-state index contributed by atoms with van der Waals surface area (Å²) in [6.45, 7) is 0. The SMILES string of the molecule is [2H]C(C=O)=Cc1ccccc1O. The Bertz CT molecular complexity index is 318. The van der Waals surface area contributed by atoms with E-state index in [9.17, 15) is 9.90 Å². The minimum absolute atomic E-state index is 0.0732. The van der Waals surface area contributed by atoms with E-state index in [-0.39, 0.29) is 11.8 Å². The van der Waals surface area contributed by atoms with Gasteiger partial charge in [0.15, 0.2) is 0 Å². The Morgan fingerprint density at radius 2 is 2.18 bits per heavy atom. The summed E-state index contributed by atoms with van der Waals surface area (Å²) in [5.74, 6) is 0.0732. The van der Waals surface area contributed by atoms with Gasteiger partial charge in [0.05, 0.1) is 1.37 Å². The van der Waals surface area contributed by atoms with Crippen molar-refractivity contribution in [2.75, 3.05) is 0 Å². The molecule has 1 rings (SSSR count). The van der Waals surface area contributed by atoms with E-state index in [4.69, 9.17) is 1.37 Å². The number of hydrogen-bond acceptors (Lipinski definition) is 2. The molecule has 1 N–H and O–H groups in total. The maximum atomic E-state index is 10.1. The minimum Gasteiger partial charge on any atom is -0.507 e. The van der Waals surface area contributed by atoms with Crippen LogP contribution in [0.1, 0.15) is 6.93 Å². The maximum Gasteiger partial charge on any atom is 0.142 e. The van der Waals surface area contributed by atoms with Gasteiger partial charge in [-0.3, -0.25) is 4.79 Å². The number of para-hydroxylation sites is 1. The Hall–Kier alpha value is -1.57. The van der Waals surface area contributed by atoms with Gasteiger partial charge in [0.1, 0.15) is 12.0 Å². The summed E-state index contributed by atoms with van der Waals surface area (Å²) >= 11 is 0. The van der Waals surface area contributed by atoms with Crippen LogP contribution < -0.4 is 0 Å². The van der Waals surface area contributed by atoms with Crippen LogP contribution >= 0.6 is 0 Å². The molecule has 0 unspecified atom stereocenters. The highest BCUT2D eigenvalue weighted by Gasteiger charge is 1.91. The molecule has 0 bridgehead atoms. The highest BCUT2D eigenvalue weighted by Crippen LogP contribution is 2.16. The molecular formula is C9H8O2. The summed E-state index contributed by atoms with van der Waals surface area (Å²) in [5, 5.41) is 9.21. The Morgan fingerprint density at radius 1 is 1.45 bits per heavy atom. The molecule has 0 atom stereocenters. The normalized spacial score (nSPS) is 12.4. The molecule has 2 nitrogen and oxygen atoms in total. The first kappa shape index (κ1) is 6.16. The van der Waals surface area contributed by atoms with Crippen LogP contribution in [0.4, 0.5) is 0 Å². The lowest BCUT2D eigenvalue weighted by Crippen LogP contribution is -1.72. The molecule has 0 saturated carbocycles. The van der Waals surface area contributed by atoms with Gasteiger partial charge in [-0.05, 0) is 18.2 Å². The number of phenols is 1. The van der Waals surface area contributed by atoms with E-state index < -0.39 is 0 Å². The summed E-state index contributed by atoms with van der Waals surface area (Å²) in [4.78, 5) is 10.1. The van der Waals surface area contributed by atoms with Gasteiger partial charge in [-0.15, -0.1) is 0 Å². The van der Waals surface area contributed by atoms with Gasteiger partial charge in [-0.2, -0.15) is 0 Å². The third-order valence-corrected chi connectivity index (χ3v) is 1.24. The van der Waals surface area contributed by atoms with Gasteiger partial charge >= 0.3 is 0 Å². The molecule has 11 heavy (non-hydrogen) atoms. The van der Waals surface area contributed by atoms with Crippen molar-refractivity contribution in [1.29, 1.82) is 0 Å². The molecule has 0 aromatic heterocycles. The number of benzene rings is 1. The van der Waals surface area contributed by atoms with Crippen LogP contribution in [0.3, 0.4) is 0 Å². The number of allylic oxidation sites excluding steroid dienone is 1. The quantitative estimate of drug-likeness (QED) is 0.512. The number of hydrogen-bond donors (Lipinski definition) is 1. The van der Waals surface area contributed by atoms with E-state index >= 15 is 0 Å². The predicted molar refractivity (Wildman–Crippen MR) is 43.2 cm³/mol. The van der Waals surface area contributed by atoms with Crippen LogP contribution in [0.2, 0.25) is 0 Å². The molecule has 0 fully saturated rings. The summed E-state index contributed by atoms with van der Waals surface area (Å²) in [5.41, 5.74) is 0.481. The lowest BCUT2D eigenvalue weighted by atomic mass is 10.2. The predicted octanol–water partition coefficient (Wildman–Crippen LogP) is 1.60. The molecular weight excluding hydrogens is 140 g/mol. The fraction of sp³-hybridized carbons (Fsp3) is 0. The van der Waals surface area contributed by atoms with Crippen LogP contribution in [0.15, 0.2) is 30.3 Å². The molecule has 0 aliphatic rings. The fourth-order valence-electron chi connectivity index (χ4n) is 0.733. The average molecular weight is 149 g/mol. The Kier molecular flexibility index (Phi) is 1.99. The molecule has 0 amide bonds. The maximum absolute atomic E-state index is 10.1. The molecule has 1 aromatic rings. The van der Waals surface area contributed by atoms with E-state index in [0.717, 1.165) is 0 Å². The third kappa shape index (κ3) is 1.93. The molecule has 0 spiro atoms. The molecule has 0 aliphatic heterocycles. The van der Waals surface area contributed by atoms with Crippen molar-refractivity contribution in [2.24, 2.45) is 0 Å². The summed E-state index contributed by atoms with van der Waals surface area (Å²) in [7, 11) is 0. The van der Waals surface area contributed by atoms with Crippen LogP contribution in [0.5, 0.6) is 5.75 Å². The lowest BCUT2D eigenvalue weighted by molar-refractivity contribution is -0.104. The van der Waals surface area contributed by atoms with E-state index in [1.807, 2.05) is 0 Å². The van der Waals surface area contributed by atoms with Crippen LogP contribution in [0, 0.1) is 0 Å². The molecule has 0 radical (unpaired) electrons. The van der Waals surface area contributed by atoms with Crippen LogP contribution in [-0.4, -0.2) is 11.4 Å². The van der Waals surface area contributed by atoms with Gasteiger partial charge < -0.3 is 5.11 Å².